The molecular formula is C11H15BrN2OS. The maximum Gasteiger partial charge on any atom is 0.227 e. The van der Waals surface area contributed by atoms with Gasteiger partial charge in [-0.1, -0.05) is 0 Å². The number of amides is 1. The molecule has 16 heavy (non-hydrogen) atoms. The Labute approximate surface area is 108 Å². The number of halogens is 1. The van der Waals surface area contributed by atoms with Crippen molar-refractivity contribution in [1.82, 2.24) is 10.2 Å². The van der Waals surface area contributed by atoms with E-state index in [0.717, 1.165) is 23.3 Å². The molecule has 0 aliphatic carbocycles. The molecule has 0 bridgehead atoms. The van der Waals surface area contributed by atoms with E-state index in [1.165, 1.54) is 4.88 Å². The molecule has 1 aromatic rings. The number of nitrogens with zero attached hydrogens (tertiary/aromatic N) is 1. The molecule has 1 unspecified atom stereocenters. The second-order valence-electron chi connectivity index (χ2n) is 4.09. The number of carbonyl (C=O) groups is 1. The molecule has 1 N–H and O–H groups in total. The Morgan fingerprint density at radius 3 is 3.06 bits per heavy atom. The third kappa shape index (κ3) is 2.84. The number of carbonyl (C=O) groups excluding carboxylic acids is 1. The first-order valence-corrected chi connectivity index (χ1v) is 6.97. The number of nitrogens with one attached hydrogen (secondary N) is 1. The van der Waals surface area contributed by atoms with Gasteiger partial charge in [0, 0.05) is 18.5 Å². The molecule has 1 aliphatic rings. The van der Waals surface area contributed by atoms with Gasteiger partial charge in [-0.15, -0.1) is 11.3 Å². The summed E-state index contributed by atoms with van der Waals surface area (Å²) in [5, 5.41) is 3.22. The summed E-state index contributed by atoms with van der Waals surface area (Å²) in [6.45, 7) is 2.51. The van der Waals surface area contributed by atoms with Gasteiger partial charge >= 0.3 is 0 Å². The Balaban J connectivity index is 1.91. The van der Waals surface area contributed by atoms with Crippen molar-refractivity contribution in [3.8, 4) is 0 Å². The predicted octanol–water partition coefficient (Wildman–Crippen LogP) is 2.08. The van der Waals surface area contributed by atoms with Crippen molar-refractivity contribution in [2.24, 2.45) is 5.92 Å². The first-order chi connectivity index (χ1) is 7.66. The quantitative estimate of drug-likeness (QED) is 0.927. The van der Waals surface area contributed by atoms with Gasteiger partial charge in [0.05, 0.1) is 16.2 Å². The number of hydrogen-bond acceptors (Lipinski definition) is 3. The van der Waals surface area contributed by atoms with Crippen LogP contribution in [0.4, 0.5) is 0 Å². The fraction of sp³-hybridized carbons (Fsp3) is 0.545. The Morgan fingerprint density at radius 2 is 2.50 bits per heavy atom. The number of hydrogen-bond donors (Lipinski definition) is 1. The maximum atomic E-state index is 12.0. The van der Waals surface area contributed by atoms with Crippen LogP contribution in [-0.4, -0.2) is 30.9 Å². The van der Waals surface area contributed by atoms with Gasteiger partial charge in [-0.3, -0.25) is 4.79 Å². The first-order valence-electron chi connectivity index (χ1n) is 5.36. The van der Waals surface area contributed by atoms with Crippen LogP contribution in [0.15, 0.2) is 15.9 Å². The van der Waals surface area contributed by atoms with Crippen LogP contribution in [0.5, 0.6) is 0 Å². The van der Waals surface area contributed by atoms with E-state index in [2.05, 4.69) is 27.3 Å². The molecule has 0 radical (unpaired) electrons. The van der Waals surface area contributed by atoms with Crippen LogP contribution in [0, 0.1) is 5.92 Å². The molecule has 2 rings (SSSR count). The molecule has 1 atom stereocenters. The lowest BCUT2D eigenvalue weighted by Crippen LogP contribution is -2.33. The second kappa shape index (κ2) is 5.29. The van der Waals surface area contributed by atoms with Gasteiger partial charge in [-0.2, -0.15) is 0 Å². The highest BCUT2D eigenvalue weighted by atomic mass is 79.9. The summed E-state index contributed by atoms with van der Waals surface area (Å²) in [6.07, 6.45) is 0.970. The van der Waals surface area contributed by atoms with Gasteiger partial charge in [0.1, 0.15) is 0 Å². The van der Waals surface area contributed by atoms with Crippen LogP contribution in [-0.2, 0) is 11.3 Å². The molecule has 0 aromatic carbocycles. The molecule has 5 heteroatoms. The van der Waals surface area contributed by atoms with Crippen molar-refractivity contribution in [2.75, 3.05) is 20.1 Å². The summed E-state index contributed by atoms with van der Waals surface area (Å²) < 4.78 is 1.12. The lowest BCUT2D eigenvalue weighted by molar-refractivity contribution is -0.134. The van der Waals surface area contributed by atoms with Crippen molar-refractivity contribution < 1.29 is 4.79 Å². The zero-order valence-corrected chi connectivity index (χ0v) is 11.6. The molecule has 2 heterocycles. The summed E-state index contributed by atoms with van der Waals surface area (Å²) in [6, 6.07) is 4.08. The second-order valence-corrected chi connectivity index (χ2v) is 6.64. The van der Waals surface area contributed by atoms with Crippen LogP contribution in [0.25, 0.3) is 0 Å². The summed E-state index contributed by atoms with van der Waals surface area (Å²) in [5.41, 5.74) is 0. The summed E-state index contributed by atoms with van der Waals surface area (Å²) in [5.74, 6) is 0.433. The van der Waals surface area contributed by atoms with Crippen molar-refractivity contribution in [3.05, 3.63) is 20.8 Å². The number of rotatable bonds is 3. The molecular weight excluding hydrogens is 288 g/mol. The van der Waals surface area contributed by atoms with Crippen molar-refractivity contribution in [1.29, 1.82) is 0 Å². The van der Waals surface area contributed by atoms with E-state index in [9.17, 15) is 4.79 Å². The van der Waals surface area contributed by atoms with Crippen LogP contribution < -0.4 is 5.32 Å². The lowest BCUT2D eigenvalue weighted by Gasteiger charge is -2.19. The summed E-state index contributed by atoms with van der Waals surface area (Å²) in [7, 11) is 1.88. The van der Waals surface area contributed by atoms with E-state index in [0.29, 0.717) is 6.54 Å². The molecule has 1 aromatic heterocycles. The average Bonchev–Trinajstić information content (AvgIpc) is 2.88. The van der Waals surface area contributed by atoms with Gasteiger partial charge in [0.25, 0.3) is 0 Å². The van der Waals surface area contributed by atoms with Gasteiger partial charge in [0.2, 0.25) is 5.91 Å². The van der Waals surface area contributed by atoms with Crippen molar-refractivity contribution in [2.45, 2.75) is 13.0 Å². The summed E-state index contributed by atoms with van der Waals surface area (Å²) in [4.78, 5) is 15.1. The van der Waals surface area contributed by atoms with Gasteiger partial charge in [0.15, 0.2) is 0 Å². The van der Waals surface area contributed by atoms with E-state index < -0.39 is 0 Å². The summed E-state index contributed by atoms with van der Waals surface area (Å²) >= 11 is 5.11. The fourth-order valence-electron chi connectivity index (χ4n) is 1.93. The smallest absolute Gasteiger partial charge is 0.227 e. The minimum Gasteiger partial charge on any atom is -0.340 e. The van der Waals surface area contributed by atoms with Crippen LogP contribution in [0.3, 0.4) is 0 Å². The monoisotopic (exact) mass is 302 g/mol. The van der Waals surface area contributed by atoms with E-state index in [1.54, 1.807) is 11.3 Å². The Bertz CT molecular complexity index is 374. The minimum atomic E-state index is 0.174. The predicted molar refractivity (Wildman–Crippen MR) is 69.5 cm³/mol. The first kappa shape index (κ1) is 12.1. The van der Waals surface area contributed by atoms with Crippen molar-refractivity contribution in [3.63, 3.8) is 0 Å². The largest absolute Gasteiger partial charge is 0.340 e. The van der Waals surface area contributed by atoms with Gasteiger partial charge < -0.3 is 10.2 Å². The zero-order chi connectivity index (χ0) is 11.5. The molecule has 3 nitrogen and oxygen atoms in total. The van der Waals surface area contributed by atoms with Gasteiger partial charge in [-0.05, 0) is 41.0 Å². The highest BCUT2D eigenvalue weighted by Gasteiger charge is 2.25. The SMILES string of the molecule is CN(Cc1ccc(Br)s1)C(=O)C1CCNC1. The lowest BCUT2D eigenvalue weighted by atomic mass is 10.1. The van der Waals surface area contributed by atoms with Crippen LogP contribution in [0.2, 0.25) is 0 Å². The molecule has 1 saturated heterocycles. The Kier molecular flexibility index (Phi) is 4.00. The minimum absolute atomic E-state index is 0.174. The van der Waals surface area contributed by atoms with Crippen LogP contribution >= 0.6 is 27.3 Å². The highest BCUT2D eigenvalue weighted by Crippen LogP contribution is 2.23. The topological polar surface area (TPSA) is 32.3 Å². The van der Waals surface area contributed by atoms with Crippen LogP contribution in [0.1, 0.15) is 11.3 Å². The molecule has 1 amide bonds. The molecule has 0 saturated carbocycles. The van der Waals surface area contributed by atoms with E-state index in [4.69, 9.17) is 0 Å². The fourth-order valence-corrected chi connectivity index (χ4v) is 3.46. The molecule has 1 aliphatic heterocycles. The standard InChI is InChI=1S/C11H15BrN2OS/c1-14(7-9-2-3-10(12)16-9)11(15)8-4-5-13-6-8/h2-3,8,13H,4-7H2,1H3. The van der Waals surface area contributed by atoms with E-state index >= 15 is 0 Å². The zero-order valence-electron chi connectivity index (χ0n) is 9.20. The number of thiophene rings is 1. The third-order valence-electron chi connectivity index (χ3n) is 2.81. The van der Waals surface area contributed by atoms with Gasteiger partial charge in [-0.25, -0.2) is 0 Å². The van der Waals surface area contributed by atoms with E-state index in [1.807, 2.05) is 18.0 Å². The Morgan fingerprint density at radius 1 is 1.69 bits per heavy atom. The maximum absolute atomic E-state index is 12.0. The molecule has 1 fully saturated rings. The highest BCUT2D eigenvalue weighted by molar-refractivity contribution is 9.11. The van der Waals surface area contributed by atoms with E-state index in [-0.39, 0.29) is 11.8 Å². The third-order valence-corrected chi connectivity index (χ3v) is 4.42. The molecule has 88 valence electrons. The average molecular weight is 303 g/mol. The molecule has 0 spiro atoms. The van der Waals surface area contributed by atoms with Crippen molar-refractivity contribution >= 4 is 33.2 Å². The normalized spacial score (nSPS) is 20.0. The Hall–Kier alpha value is -0.390.